The standard InChI is InChI=1S/C11H21N/c1-9(2)10-4-7-11(8-12-10)5-3-6-11/h9-10,12H,3-8H2,1-2H3. The average Bonchev–Trinajstić information content (AvgIpc) is 2.02. The largest absolute Gasteiger partial charge is 0.313 e. The van der Waals surface area contributed by atoms with E-state index in [1.165, 1.54) is 38.6 Å². The van der Waals surface area contributed by atoms with Crippen molar-refractivity contribution in [1.82, 2.24) is 5.32 Å². The molecule has 12 heavy (non-hydrogen) atoms. The van der Waals surface area contributed by atoms with Gasteiger partial charge in [0.15, 0.2) is 0 Å². The molecule has 1 atom stereocenters. The van der Waals surface area contributed by atoms with Crippen molar-refractivity contribution in [3.05, 3.63) is 0 Å². The van der Waals surface area contributed by atoms with Gasteiger partial charge in [0.25, 0.3) is 0 Å². The van der Waals surface area contributed by atoms with Crippen LogP contribution in [0.4, 0.5) is 0 Å². The lowest BCUT2D eigenvalue weighted by atomic mass is 9.63. The second-order valence-corrected chi connectivity index (χ2v) is 5.12. The van der Waals surface area contributed by atoms with Crippen molar-refractivity contribution in [2.24, 2.45) is 11.3 Å². The molecule has 1 saturated heterocycles. The molecule has 0 aromatic rings. The van der Waals surface area contributed by atoms with Gasteiger partial charge in [-0.15, -0.1) is 0 Å². The minimum Gasteiger partial charge on any atom is -0.313 e. The molecule has 0 aromatic heterocycles. The van der Waals surface area contributed by atoms with Crippen molar-refractivity contribution >= 4 is 0 Å². The molecular weight excluding hydrogens is 146 g/mol. The van der Waals surface area contributed by atoms with Crippen LogP contribution in [-0.4, -0.2) is 12.6 Å². The van der Waals surface area contributed by atoms with Crippen LogP contribution in [0.1, 0.15) is 46.0 Å². The molecular formula is C11H21N. The van der Waals surface area contributed by atoms with Gasteiger partial charge in [-0.05, 0) is 37.0 Å². The van der Waals surface area contributed by atoms with Crippen LogP contribution in [0.15, 0.2) is 0 Å². The summed E-state index contributed by atoms with van der Waals surface area (Å²) in [7, 11) is 0. The van der Waals surface area contributed by atoms with Gasteiger partial charge in [0.1, 0.15) is 0 Å². The maximum Gasteiger partial charge on any atom is 0.00905 e. The SMILES string of the molecule is CC(C)C1CCC2(CCC2)CN1. The average molecular weight is 167 g/mol. The van der Waals surface area contributed by atoms with E-state index in [0.717, 1.165) is 17.4 Å². The molecule has 2 fully saturated rings. The fourth-order valence-electron chi connectivity index (χ4n) is 2.67. The Morgan fingerprint density at radius 1 is 1.25 bits per heavy atom. The van der Waals surface area contributed by atoms with Crippen molar-refractivity contribution in [2.75, 3.05) is 6.54 Å². The fourth-order valence-corrected chi connectivity index (χ4v) is 2.67. The Labute approximate surface area is 75.9 Å². The molecule has 2 aliphatic rings. The van der Waals surface area contributed by atoms with Crippen LogP contribution in [0.5, 0.6) is 0 Å². The summed E-state index contributed by atoms with van der Waals surface area (Å²) in [5.74, 6) is 0.822. The normalized spacial score (nSPS) is 33.8. The van der Waals surface area contributed by atoms with Crippen LogP contribution in [0.2, 0.25) is 0 Å². The third-order valence-corrected chi connectivity index (χ3v) is 3.94. The number of hydrogen-bond donors (Lipinski definition) is 1. The predicted molar refractivity (Wildman–Crippen MR) is 52.1 cm³/mol. The van der Waals surface area contributed by atoms with E-state index in [2.05, 4.69) is 19.2 Å². The molecule has 70 valence electrons. The Hall–Kier alpha value is -0.0400. The highest BCUT2D eigenvalue weighted by molar-refractivity contribution is 4.95. The van der Waals surface area contributed by atoms with E-state index in [0.29, 0.717) is 0 Å². The van der Waals surface area contributed by atoms with E-state index in [1.54, 1.807) is 0 Å². The number of rotatable bonds is 1. The Morgan fingerprint density at radius 3 is 2.33 bits per heavy atom. The van der Waals surface area contributed by atoms with Crippen molar-refractivity contribution in [3.8, 4) is 0 Å². The molecule has 0 bridgehead atoms. The first-order chi connectivity index (χ1) is 5.72. The monoisotopic (exact) mass is 167 g/mol. The van der Waals surface area contributed by atoms with Crippen LogP contribution >= 0.6 is 0 Å². The molecule has 0 aromatic carbocycles. The Morgan fingerprint density at radius 2 is 2.00 bits per heavy atom. The lowest BCUT2D eigenvalue weighted by Crippen LogP contribution is -2.50. The quantitative estimate of drug-likeness (QED) is 0.633. The summed E-state index contributed by atoms with van der Waals surface area (Å²) in [6.07, 6.45) is 7.37. The van der Waals surface area contributed by atoms with Crippen LogP contribution in [0.25, 0.3) is 0 Å². The zero-order valence-electron chi connectivity index (χ0n) is 8.40. The van der Waals surface area contributed by atoms with Gasteiger partial charge in [-0.2, -0.15) is 0 Å². The first-order valence-electron chi connectivity index (χ1n) is 5.45. The van der Waals surface area contributed by atoms with Crippen LogP contribution in [-0.2, 0) is 0 Å². The summed E-state index contributed by atoms with van der Waals surface area (Å²) in [4.78, 5) is 0. The molecule has 0 radical (unpaired) electrons. The smallest absolute Gasteiger partial charge is 0.00905 e. The molecule has 1 heteroatoms. The Kier molecular flexibility index (Phi) is 2.16. The number of nitrogens with one attached hydrogen (secondary N) is 1. The van der Waals surface area contributed by atoms with E-state index in [4.69, 9.17) is 0 Å². The van der Waals surface area contributed by atoms with Crippen molar-refractivity contribution in [2.45, 2.75) is 52.0 Å². The fraction of sp³-hybridized carbons (Fsp3) is 1.00. The third kappa shape index (κ3) is 1.39. The highest BCUT2D eigenvalue weighted by atomic mass is 15.0. The topological polar surface area (TPSA) is 12.0 Å². The Bertz CT molecular complexity index is 148. The van der Waals surface area contributed by atoms with Gasteiger partial charge < -0.3 is 5.32 Å². The summed E-state index contributed by atoms with van der Waals surface area (Å²) in [5, 5.41) is 3.71. The minimum absolute atomic E-state index is 0.755. The molecule has 1 N–H and O–H groups in total. The van der Waals surface area contributed by atoms with Gasteiger partial charge in [0.05, 0.1) is 0 Å². The van der Waals surface area contributed by atoms with Crippen molar-refractivity contribution < 1.29 is 0 Å². The second-order valence-electron chi connectivity index (χ2n) is 5.12. The molecule has 1 saturated carbocycles. The molecule has 0 amide bonds. The molecule has 1 heterocycles. The first kappa shape index (κ1) is 8.55. The maximum atomic E-state index is 3.71. The predicted octanol–water partition coefficient (Wildman–Crippen LogP) is 2.56. The molecule has 1 nitrogen and oxygen atoms in total. The van der Waals surface area contributed by atoms with Gasteiger partial charge in [0.2, 0.25) is 0 Å². The molecule has 2 rings (SSSR count). The number of piperidine rings is 1. The summed E-state index contributed by atoms with van der Waals surface area (Å²) < 4.78 is 0. The third-order valence-electron chi connectivity index (χ3n) is 3.94. The summed E-state index contributed by atoms with van der Waals surface area (Å²) in [6, 6.07) is 0.802. The van der Waals surface area contributed by atoms with E-state index in [9.17, 15) is 0 Å². The molecule has 1 unspecified atom stereocenters. The van der Waals surface area contributed by atoms with E-state index in [1.807, 2.05) is 0 Å². The lowest BCUT2D eigenvalue weighted by molar-refractivity contribution is 0.0677. The van der Waals surface area contributed by atoms with E-state index < -0.39 is 0 Å². The van der Waals surface area contributed by atoms with Crippen LogP contribution in [0.3, 0.4) is 0 Å². The number of hydrogen-bond acceptors (Lipinski definition) is 1. The van der Waals surface area contributed by atoms with Gasteiger partial charge in [0, 0.05) is 12.6 Å². The lowest BCUT2D eigenvalue weighted by Gasteiger charge is -2.48. The van der Waals surface area contributed by atoms with Gasteiger partial charge in [-0.1, -0.05) is 20.3 Å². The molecule has 1 aliphatic carbocycles. The Balaban J connectivity index is 1.84. The van der Waals surface area contributed by atoms with Crippen molar-refractivity contribution in [3.63, 3.8) is 0 Å². The summed E-state index contributed by atoms with van der Waals surface area (Å²) in [6.45, 7) is 5.96. The van der Waals surface area contributed by atoms with Gasteiger partial charge >= 0.3 is 0 Å². The maximum absolute atomic E-state index is 3.71. The van der Waals surface area contributed by atoms with Crippen LogP contribution in [0, 0.1) is 11.3 Å². The highest BCUT2D eigenvalue weighted by Crippen LogP contribution is 2.46. The molecule has 1 spiro atoms. The first-order valence-corrected chi connectivity index (χ1v) is 5.45. The zero-order valence-corrected chi connectivity index (χ0v) is 8.40. The summed E-state index contributed by atoms with van der Waals surface area (Å²) >= 11 is 0. The van der Waals surface area contributed by atoms with Gasteiger partial charge in [-0.25, -0.2) is 0 Å². The van der Waals surface area contributed by atoms with E-state index in [-0.39, 0.29) is 0 Å². The van der Waals surface area contributed by atoms with Crippen molar-refractivity contribution in [1.29, 1.82) is 0 Å². The van der Waals surface area contributed by atoms with E-state index >= 15 is 0 Å². The zero-order chi connectivity index (χ0) is 8.60. The second kappa shape index (κ2) is 3.02. The highest BCUT2D eigenvalue weighted by Gasteiger charge is 2.40. The van der Waals surface area contributed by atoms with Gasteiger partial charge in [-0.3, -0.25) is 0 Å². The minimum atomic E-state index is 0.755. The summed E-state index contributed by atoms with van der Waals surface area (Å²) in [5.41, 5.74) is 0.755. The van der Waals surface area contributed by atoms with Crippen LogP contribution < -0.4 is 5.32 Å². The molecule has 1 aliphatic heterocycles.